The van der Waals surface area contributed by atoms with Crippen molar-refractivity contribution in [3.05, 3.63) is 29.8 Å². The number of nitrogens with two attached hydrogens (primary N) is 2. The van der Waals surface area contributed by atoms with Crippen LogP contribution in [-0.2, 0) is 9.53 Å². The number of nitrogen functional groups attached to an aromatic ring is 1. The van der Waals surface area contributed by atoms with Crippen LogP contribution in [0.1, 0.15) is 23.7 Å². The van der Waals surface area contributed by atoms with E-state index in [0.29, 0.717) is 5.69 Å². The van der Waals surface area contributed by atoms with Gasteiger partial charge < -0.3 is 21.3 Å². The van der Waals surface area contributed by atoms with E-state index in [1.807, 2.05) is 0 Å². The second-order valence-corrected chi connectivity index (χ2v) is 5.04. The van der Waals surface area contributed by atoms with E-state index in [2.05, 4.69) is 4.74 Å². The number of hydrogen-bond donors (Lipinski definition) is 3. The second-order valence-electron chi connectivity index (χ2n) is 5.04. The predicted molar refractivity (Wildman–Crippen MR) is 77.7 cm³/mol. The minimum atomic E-state index is -4.41. The van der Waals surface area contributed by atoms with E-state index >= 15 is 0 Å². The largest absolute Gasteiger partial charge is 0.478 e. The maximum atomic E-state index is 12.0. The summed E-state index contributed by atoms with van der Waals surface area (Å²) in [4.78, 5) is 21.1. The molecular weight excluding hydrogens is 317 g/mol. The first-order valence-corrected chi connectivity index (χ1v) is 6.36. The van der Waals surface area contributed by atoms with Crippen LogP contribution in [0.25, 0.3) is 0 Å². The number of methoxy groups -OCH3 is 1. The van der Waals surface area contributed by atoms with E-state index in [1.54, 1.807) is 18.2 Å². The number of primary amides is 1. The number of carbonyl (C=O) groups is 2. The molecule has 0 saturated carbocycles. The summed E-state index contributed by atoms with van der Waals surface area (Å²) in [6.07, 6.45) is -5.68. The smallest absolute Gasteiger partial charge is 0.390 e. The predicted octanol–water partition coefficient (Wildman–Crippen LogP) is 2.04. The van der Waals surface area contributed by atoms with Crippen molar-refractivity contribution in [2.75, 3.05) is 19.5 Å². The van der Waals surface area contributed by atoms with Crippen LogP contribution >= 0.6 is 0 Å². The summed E-state index contributed by atoms with van der Waals surface area (Å²) >= 11 is 0. The van der Waals surface area contributed by atoms with Gasteiger partial charge in [0.1, 0.15) is 0 Å². The van der Waals surface area contributed by atoms with E-state index in [1.165, 1.54) is 13.2 Å². The number of alkyl halides is 3. The number of carbonyl (C=O) groups excluding carboxylic acids is 1. The van der Waals surface area contributed by atoms with Crippen molar-refractivity contribution in [2.45, 2.75) is 19.5 Å². The maximum absolute atomic E-state index is 12.0. The van der Waals surface area contributed by atoms with Crippen molar-refractivity contribution in [2.24, 2.45) is 11.1 Å². The Hall–Kier alpha value is -2.29. The van der Waals surface area contributed by atoms with Gasteiger partial charge in [0.2, 0.25) is 5.91 Å². The fourth-order valence-electron chi connectivity index (χ4n) is 1.66. The molecule has 1 aromatic rings. The number of carboxylic acids is 1. The van der Waals surface area contributed by atoms with Crippen LogP contribution in [0.4, 0.5) is 18.9 Å². The van der Waals surface area contributed by atoms with Gasteiger partial charge in [0.25, 0.3) is 0 Å². The molecule has 0 aromatic heterocycles. The summed E-state index contributed by atoms with van der Waals surface area (Å²) in [5.74, 6) is -2.00. The number of amides is 1. The zero-order valence-corrected chi connectivity index (χ0v) is 12.7. The zero-order valence-electron chi connectivity index (χ0n) is 12.7. The Morgan fingerprint density at radius 1 is 1.26 bits per heavy atom. The average Bonchev–Trinajstić information content (AvgIpc) is 2.37. The number of halogens is 3. The fourth-order valence-corrected chi connectivity index (χ4v) is 1.66. The van der Waals surface area contributed by atoms with Gasteiger partial charge in [0, 0.05) is 12.8 Å². The van der Waals surface area contributed by atoms with Gasteiger partial charge in [0.15, 0.2) is 0 Å². The van der Waals surface area contributed by atoms with Gasteiger partial charge in [-0.25, -0.2) is 4.79 Å². The van der Waals surface area contributed by atoms with E-state index in [0.717, 1.165) is 6.92 Å². The maximum Gasteiger partial charge on any atom is 0.390 e. The van der Waals surface area contributed by atoms with Crippen molar-refractivity contribution < 1.29 is 32.6 Å². The van der Waals surface area contributed by atoms with Crippen LogP contribution in [0.3, 0.4) is 0 Å². The monoisotopic (exact) mass is 336 g/mol. The summed E-state index contributed by atoms with van der Waals surface area (Å²) in [7, 11) is 1.22. The molecule has 0 aliphatic rings. The highest BCUT2D eigenvalue weighted by Crippen LogP contribution is 2.33. The van der Waals surface area contributed by atoms with Gasteiger partial charge in [-0.3, -0.25) is 4.79 Å². The van der Waals surface area contributed by atoms with Gasteiger partial charge in [-0.1, -0.05) is 12.1 Å². The van der Waals surface area contributed by atoms with E-state index in [9.17, 15) is 22.8 Å². The number of benzene rings is 1. The van der Waals surface area contributed by atoms with Gasteiger partial charge in [-0.2, -0.15) is 13.2 Å². The van der Waals surface area contributed by atoms with Gasteiger partial charge in [-0.05, 0) is 19.1 Å². The number of carboxylic acid groups (broad SMARTS) is 1. The molecule has 130 valence electrons. The van der Waals surface area contributed by atoms with Crippen LogP contribution < -0.4 is 11.5 Å². The first-order chi connectivity index (χ1) is 10.4. The molecule has 23 heavy (non-hydrogen) atoms. The molecule has 5 N–H and O–H groups in total. The fraction of sp³-hybridized carbons (Fsp3) is 0.429. The number of hydrogen-bond acceptors (Lipinski definition) is 4. The summed E-state index contributed by atoms with van der Waals surface area (Å²) in [6, 6.07) is 6.36. The first-order valence-electron chi connectivity index (χ1n) is 6.36. The Morgan fingerprint density at radius 2 is 1.78 bits per heavy atom. The molecular formula is C14H19F3N2O4. The number of aromatic carboxylic acids is 1. The Bertz CT molecular complexity index is 549. The lowest BCUT2D eigenvalue weighted by Crippen LogP contribution is -2.41. The molecule has 6 nitrogen and oxygen atoms in total. The van der Waals surface area contributed by atoms with Crippen molar-refractivity contribution >= 4 is 17.6 Å². The molecule has 0 bridgehead atoms. The summed E-state index contributed by atoms with van der Waals surface area (Å²) in [6.45, 7) is 0.800. The molecule has 0 heterocycles. The second kappa shape index (κ2) is 8.37. The third-order valence-electron chi connectivity index (χ3n) is 2.84. The molecule has 1 atom stereocenters. The third kappa shape index (κ3) is 7.50. The topological polar surface area (TPSA) is 116 Å². The number of ether oxygens (including phenoxy) is 1. The van der Waals surface area contributed by atoms with Gasteiger partial charge in [-0.15, -0.1) is 0 Å². The van der Waals surface area contributed by atoms with E-state index < -0.39 is 29.9 Å². The molecule has 1 aromatic carbocycles. The average molecular weight is 336 g/mol. The standard InChI is InChI=1S/C7H12F3NO2.C7H7NO2/c1-6(4-13-2,5(11)12)3-7(8,9)10;8-6-4-2-1-3-5(6)7(9)10/h3-4H2,1-2H3,(H2,11,12);1-4H,8H2,(H,9,10). The highest BCUT2D eigenvalue weighted by atomic mass is 19.4. The zero-order chi connectivity index (χ0) is 18.3. The number of para-hydroxylation sites is 1. The molecule has 1 unspecified atom stereocenters. The number of anilines is 1. The van der Waals surface area contributed by atoms with Gasteiger partial charge in [0.05, 0.1) is 24.0 Å². The van der Waals surface area contributed by atoms with E-state index in [-0.39, 0.29) is 12.2 Å². The summed E-state index contributed by atoms with van der Waals surface area (Å²) in [5, 5.41) is 8.49. The normalized spacial score (nSPS) is 13.4. The highest BCUT2D eigenvalue weighted by Gasteiger charge is 2.43. The Kier molecular flexibility index (Phi) is 7.54. The van der Waals surface area contributed by atoms with Gasteiger partial charge >= 0.3 is 12.1 Å². The molecule has 0 aliphatic carbocycles. The molecule has 0 radical (unpaired) electrons. The molecule has 1 rings (SSSR count). The van der Waals surface area contributed by atoms with Crippen molar-refractivity contribution in [3.8, 4) is 0 Å². The van der Waals surface area contributed by atoms with Crippen LogP contribution in [0.2, 0.25) is 0 Å². The van der Waals surface area contributed by atoms with Crippen LogP contribution in [-0.4, -0.2) is 36.9 Å². The quantitative estimate of drug-likeness (QED) is 0.712. The molecule has 0 saturated heterocycles. The van der Waals surface area contributed by atoms with Crippen molar-refractivity contribution in [1.29, 1.82) is 0 Å². The highest BCUT2D eigenvalue weighted by molar-refractivity contribution is 5.93. The molecule has 9 heteroatoms. The molecule has 1 amide bonds. The SMILES string of the molecule is COCC(C)(CC(F)(F)F)C(N)=O.Nc1ccccc1C(=O)O. The Labute approximate surface area is 131 Å². The number of rotatable bonds is 5. The van der Waals surface area contributed by atoms with Crippen LogP contribution in [0.5, 0.6) is 0 Å². The van der Waals surface area contributed by atoms with Crippen LogP contribution in [0.15, 0.2) is 24.3 Å². The Morgan fingerprint density at radius 3 is 2.09 bits per heavy atom. The summed E-state index contributed by atoms with van der Waals surface area (Å²) in [5.41, 5.74) is 8.97. The minimum Gasteiger partial charge on any atom is -0.478 e. The lowest BCUT2D eigenvalue weighted by atomic mass is 9.87. The molecule has 0 spiro atoms. The Balaban J connectivity index is 0.000000433. The molecule has 0 aliphatic heterocycles. The third-order valence-corrected chi connectivity index (χ3v) is 2.84. The lowest BCUT2D eigenvalue weighted by molar-refractivity contribution is -0.170. The van der Waals surface area contributed by atoms with Crippen molar-refractivity contribution in [1.82, 2.24) is 0 Å². The van der Waals surface area contributed by atoms with Crippen LogP contribution in [0, 0.1) is 5.41 Å². The minimum absolute atomic E-state index is 0.155. The van der Waals surface area contributed by atoms with E-state index in [4.69, 9.17) is 16.6 Å². The lowest BCUT2D eigenvalue weighted by Gasteiger charge is -2.25. The van der Waals surface area contributed by atoms with Crippen molar-refractivity contribution in [3.63, 3.8) is 0 Å². The first kappa shape index (κ1) is 20.7. The molecule has 0 fully saturated rings. The summed E-state index contributed by atoms with van der Waals surface area (Å²) < 4.78 is 40.4.